The Morgan fingerprint density at radius 2 is 2.00 bits per heavy atom. The van der Waals surface area contributed by atoms with Gasteiger partial charge in [-0.1, -0.05) is 12.5 Å². The van der Waals surface area contributed by atoms with Crippen LogP contribution >= 0.6 is 0 Å². The van der Waals surface area contributed by atoms with Gasteiger partial charge in [0.05, 0.1) is 5.69 Å². The van der Waals surface area contributed by atoms with E-state index in [2.05, 4.69) is 14.8 Å². The predicted molar refractivity (Wildman–Crippen MR) is 84.5 cm³/mol. The molecule has 0 amide bonds. The Balaban J connectivity index is 1.52. The van der Waals surface area contributed by atoms with Crippen molar-refractivity contribution in [2.75, 3.05) is 36.8 Å². The van der Waals surface area contributed by atoms with Crippen LogP contribution in [0.2, 0.25) is 0 Å². The number of benzene rings is 1. The maximum absolute atomic E-state index is 5.96. The number of rotatable bonds is 2. The molecule has 2 N–H and O–H groups in total. The first-order valence-electron chi connectivity index (χ1n) is 7.95. The number of likely N-dealkylation sites (tertiary alicyclic amines) is 1. The highest BCUT2D eigenvalue weighted by Crippen LogP contribution is 2.29. The summed E-state index contributed by atoms with van der Waals surface area (Å²) < 4.78 is 5.88. The first kappa shape index (κ1) is 13.0. The van der Waals surface area contributed by atoms with E-state index in [1.807, 2.05) is 18.2 Å². The van der Waals surface area contributed by atoms with E-state index in [0.717, 1.165) is 30.2 Å². The van der Waals surface area contributed by atoms with Crippen molar-refractivity contribution in [1.29, 1.82) is 0 Å². The predicted octanol–water partition coefficient (Wildman–Crippen LogP) is 2.47. The number of hydrogen-bond donors (Lipinski definition) is 1. The maximum Gasteiger partial charge on any atom is 0.298 e. The molecule has 0 spiro atoms. The summed E-state index contributed by atoms with van der Waals surface area (Å²) in [5.41, 5.74) is 8.22. The number of hydrogen-bond acceptors (Lipinski definition) is 5. The standard InChI is InChI=1S/C16H22N4O/c17-13-5-4-6-14-15(13)18-16(21-14)20-10-7-12(11-20)19-8-2-1-3-9-19/h4-6,12H,1-3,7-11,17H2. The highest BCUT2D eigenvalue weighted by Gasteiger charge is 2.30. The van der Waals surface area contributed by atoms with Crippen molar-refractivity contribution in [3.8, 4) is 0 Å². The third kappa shape index (κ3) is 2.35. The van der Waals surface area contributed by atoms with E-state index >= 15 is 0 Å². The van der Waals surface area contributed by atoms with Crippen LogP contribution in [0.5, 0.6) is 0 Å². The molecular formula is C16H22N4O. The average molecular weight is 286 g/mol. The van der Waals surface area contributed by atoms with Crippen LogP contribution in [-0.4, -0.2) is 42.1 Å². The Hall–Kier alpha value is -1.75. The molecule has 1 aromatic carbocycles. The van der Waals surface area contributed by atoms with Crippen molar-refractivity contribution in [2.24, 2.45) is 0 Å². The maximum atomic E-state index is 5.96. The number of anilines is 2. The molecule has 2 aliphatic heterocycles. The monoisotopic (exact) mass is 286 g/mol. The molecule has 4 rings (SSSR count). The van der Waals surface area contributed by atoms with Gasteiger partial charge in [0.25, 0.3) is 6.01 Å². The molecule has 21 heavy (non-hydrogen) atoms. The zero-order valence-corrected chi connectivity index (χ0v) is 12.3. The highest BCUT2D eigenvalue weighted by molar-refractivity contribution is 5.86. The lowest BCUT2D eigenvalue weighted by Gasteiger charge is -2.31. The van der Waals surface area contributed by atoms with Gasteiger partial charge in [-0.2, -0.15) is 4.98 Å². The van der Waals surface area contributed by atoms with E-state index in [4.69, 9.17) is 10.2 Å². The second kappa shape index (κ2) is 5.22. The van der Waals surface area contributed by atoms with Crippen molar-refractivity contribution in [3.63, 3.8) is 0 Å². The molecule has 5 nitrogen and oxygen atoms in total. The Morgan fingerprint density at radius 3 is 2.81 bits per heavy atom. The Kier molecular flexibility index (Phi) is 3.22. The fraction of sp³-hybridized carbons (Fsp3) is 0.562. The molecule has 2 saturated heterocycles. The molecular weight excluding hydrogens is 264 g/mol. The number of nitrogen functional groups attached to an aromatic ring is 1. The first-order chi connectivity index (χ1) is 10.3. The summed E-state index contributed by atoms with van der Waals surface area (Å²) in [7, 11) is 0. The smallest absolute Gasteiger partial charge is 0.298 e. The van der Waals surface area contributed by atoms with Crippen LogP contribution in [0.1, 0.15) is 25.7 Å². The van der Waals surface area contributed by atoms with Crippen LogP contribution < -0.4 is 10.6 Å². The molecule has 1 unspecified atom stereocenters. The average Bonchev–Trinajstić information content (AvgIpc) is 3.15. The summed E-state index contributed by atoms with van der Waals surface area (Å²) in [5, 5.41) is 0. The zero-order chi connectivity index (χ0) is 14.2. The molecule has 1 atom stereocenters. The second-order valence-electron chi connectivity index (χ2n) is 6.18. The van der Waals surface area contributed by atoms with E-state index in [1.54, 1.807) is 0 Å². The largest absolute Gasteiger partial charge is 0.423 e. The van der Waals surface area contributed by atoms with Gasteiger partial charge >= 0.3 is 0 Å². The topological polar surface area (TPSA) is 58.5 Å². The molecule has 2 aliphatic rings. The van der Waals surface area contributed by atoms with E-state index in [1.165, 1.54) is 38.8 Å². The van der Waals surface area contributed by atoms with Crippen LogP contribution in [-0.2, 0) is 0 Å². The van der Waals surface area contributed by atoms with Crippen LogP contribution in [0.3, 0.4) is 0 Å². The highest BCUT2D eigenvalue weighted by atomic mass is 16.4. The number of piperidine rings is 1. The number of oxazole rings is 1. The Bertz CT molecular complexity index is 632. The van der Waals surface area contributed by atoms with E-state index in [-0.39, 0.29) is 0 Å². The Labute approximate surface area is 124 Å². The number of para-hydroxylation sites is 1. The van der Waals surface area contributed by atoms with Gasteiger partial charge in [0.15, 0.2) is 5.58 Å². The molecule has 3 heterocycles. The quantitative estimate of drug-likeness (QED) is 0.859. The van der Waals surface area contributed by atoms with Gasteiger partial charge in [0.1, 0.15) is 5.52 Å². The molecule has 5 heteroatoms. The third-order valence-corrected chi connectivity index (χ3v) is 4.78. The number of fused-ring (bicyclic) bond motifs is 1. The summed E-state index contributed by atoms with van der Waals surface area (Å²) in [6, 6.07) is 7.09. The molecule has 112 valence electrons. The summed E-state index contributed by atoms with van der Waals surface area (Å²) >= 11 is 0. The minimum atomic E-state index is 0.651. The zero-order valence-electron chi connectivity index (χ0n) is 12.3. The fourth-order valence-electron chi connectivity index (χ4n) is 3.59. The molecule has 0 bridgehead atoms. The third-order valence-electron chi connectivity index (χ3n) is 4.78. The molecule has 0 radical (unpaired) electrons. The van der Waals surface area contributed by atoms with Gasteiger partial charge in [-0.3, -0.25) is 4.90 Å². The first-order valence-corrected chi connectivity index (χ1v) is 7.95. The number of nitrogens with zero attached hydrogens (tertiary/aromatic N) is 3. The van der Waals surface area contributed by atoms with Crippen molar-refractivity contribution in [3.05, 3.63) is 18.2 Å². The number of nitrogens with two attached hydrogens (primary N) is 1. The number of aromatic nitrogens is 1. The van der Waals surface area contributed by atoms with Gasteiger partial charge in [0, 0.05) is 19.1 Å². The lowest BCUT2D eigenvalue weighted by atomic mass is 10.1. The molecule has 0 saturated carbocycles. The minimum Gasteiger partial charge on any atom is -0.423 e. The SMILES string of the molecule is Nc1cccc2oc(N3CCC(N4CCCCC4)C3)nc12. The van der Waals surface area contributed by atoms with Crippen LogP contribution in [0.15, 0.2) is 22.6 Å². The molecule has 2 fully saturated rings. The minimum absolute atomic E-state index is 0.651. The molecule has 1 aromatic heterocycles. The summed E-state index contributed by atoms with van der Waals surface area (Å²) in [5.74, 6) is 0. The van der Waals surface area contributed by atoms with Crippen LogP contribution in [0.4, 0.5) is 11.7 Å². The Morgan fingerprint density at radius 1 is 1.14 bits per heavy atom. The van der Waals surface area contributed by atoms with Gasteiger partial charge in [-0.15, -0.1) is 0 Å². The fourth-order valence-corrected chi connectivity index (χ4v) is 3.59. The lowest BCUT2D eigenvalue weighted by molar-refractivity contribution is 0.174. The van der Waals surface area contributed by atoms with E-state index in [0.29, 0.717) is 11.7 Å². The van der Waals surface area contributed by atoms with Gasteiger partial charge < -0.3 is 15.1 Å². The van der Waals surface area contributed by atoms with Crippen molar-refractivity contribution < 1.29 is 4.42 Å². The summed E-state index contributed by atoms with van der Waals surface area (Å²) in [4.78, 5) is 9.49. The normalized spacial score (nSPS) is 24.0. The van der Waals surface area contributed by atoms with E-state index in [9.17, 15) is 0 Å². The van der Waals surface area contributed by atoms with Crippen molar-refractivity contribution >= 4 is 22.8 Å². The van der Waals surface area contributed by atoms with Crippen molar-refractivity contribution in [1.82, 2.24) is 9.88 Å². The van der Waals surface area contributed by atoms with Crippen molar-refractivity contribution in [2.45, 2.75) is 31.7 Å². The van der Waals surface area contributed by atoms with Gasteiger partial charge in [-0.05, 0) is 44.5 Å². The van der Waals surface area contributed by atoms with Crippen LogP contribution in [0.25, 0.3) is 11.1 Å². The van der Waals surface area contributed by atoms with E-state index < -0.39 is 0 Å². The second-order valence-corrected chi connectivity index (χ2v) is 6.18. The molecule has 0 aliphatic carbocycles. The lowest BCUT2D eigenvalue weighted by Crippen LogP contribution is -2.40. The van der Waals surface area contributed by atoms with Gasteiger partial charge in [0.2, 0.25) is 0 Å². The summed E-state index contributed by atoms with van der Waals surface area (Å²) in [6.07, 6.45) is 5.28. The summed E-state index contributed by atoms with van der Waals surface area (Å²) in [6.45, 7) is 4.54. The molecule has 2 aromatic rings. The van der Waals surface area contributed by atoms with Gasteiger partial charge in [-0.25, -0.2) is 0 Å². The van der Waals surface area contributed by atoms with Crippen LogP contribution in [0, 0.1) is 0 Å².